The third-order valence-electron chi connectivity index (χ3n) is 11.8. The molecule has 0 aliphatic carbocycles. The Bertz CT molecular complexity index is 3130. The quantitative estimate of drug-likeness (QED) is 0.171. The first kappa shape index (κ1) is 35.8. The summed E-state index contributed by atoms with van der Waals surface area (Å²) in [6.45, 7) is 13.8. The number of benzene rings is 8. The average molecular weight is 750 g/mol. The second-order valence-electron chi connectivity index (χ2n) is 17.8. The zero-order chi connectivity index (χ0) is 39.8. The highest BCUT2D eigenvalue weighted by Crippen LogP contribution is 2.50. The van der Waals surface area contributed by atoms with E-state index in [0.717, 1.165) is 22.2 Å². The van der Waals surface area contributed by atoms with Gasteiger partial charge in [-0.15, -0.1) is 0 Å². The average Bonchev–Trinajstić information content (AvgIpc) is 3.79. The number of furan rings is 1. The summed E-state index contributed by atoms with van der Waals surface area (Å²) in [7, 11) is 0. The molecular weight excluding hydrogens is 703 g/mol. The Balaban J connectivity index is 1.28. The van der Waals surface area contributed by atoms with Gasteiger partial charge in [0.2, 0.25) is 0 Å². The first-order valence-electron chi connectivity index (χ1n) is 20.4. The SMILES string of the molecule is CC(C)(C)c1cc(-c2ccccc2)cc2c1oc1c(C(C)(C)C)cc(-c3ccc4c(c3)c3ccccc3n4-c3ccc(-c4ccccc4)cc3)c(-c3ccccc3)c12. The van der Waals surface area contributed by atoms with Gasteiger partial charge in [-0.2, -0.15) is 0 Å². The van der Waals surface area contributed by atoms with Crippen molar-refractivity contribution in [1.82, 2.24) is 4.57 Å². The second-order valence-corrected chi connectivity index (χ2v) is 17.8. The number of fused-ring (bicyclic) bond motifs is 6. The zero-order valence-corrected chi connectivity index (χ0v) is 34.1. The highest BCUT2D eigenvalue weighted by Gasteiger charge is 2.30. The van der Waals surface area contributed by atoms with Crippen LogP contribution in [0.15, 0.2) is 180 Å². The molecule has 0 aliphatic rings. The standard InChI is InChI=1S/C56H47NO/c1-55(2,3)47-34-41(37-20-12-8-13-21-37)33-46-52-51(39-22-14-9-15-23-39)44(35-48(56(4,5)6)54(52)58-53(46)47)40-28-31-50-45(32-40)43-24-16-17-25-49(43)57(50)42-29-26-38(27-30-42)36-18-10-7-11-19-36/h7-35H,1-6H3. The Morgan fingerprint density at radius 1 is 0.379 bits per heavy atom. The summed E-state index contributed by atoms with van der Waals surface area (Å²) in [6.07, 6.45) is 0. The molecule has 0 saturated carbocycles. The molecule has 2 heteroatoms. The fourth-order valence-corrected chi connectivity index (χ4v) is 8.95. The number of hydrogen-bond donors (Lipinski definition) is 0. The lowest BCUT2D eigenvalue weighted by Gasteiger charge is -2.23. The fraction of sp³-hybridized carbons (Fsp3) is 0.143. The fourth-order valence-electron chi connectivity index (χ4n) is 8.95. The van der Waals surface area contributed by atoms with Gasteiger partial charge in [0.25, 0.3) is 0 Å². The topological polar surface area (TPSA) is 18.1 Å². The molecule has 0 spiro atoms. The molecule has 282 valence electrons. The van der Waals surface area contributed by atoms with Crippen LogP contribution in [0.25, 0.3) is 93.9 Å². The van der Waals surface area contributed by atoms with E-state index in [0.29, 0.717) is 0 Å². The Hall–Kier alpha value is -6.64. The van der Waals surface area contributed by atoms with Crippen molar-refractivity contribution < 1.29 is 4.42 Å². The smallest absolute Gasteiger partial charge is 0.139 e. The molecule has 10 rings (SSSR count). The number of nitrogens with zero attached hydrogens (tertiary/aromatic N) is 1. The molecule has 0 atom stereocenters. The lowest BCUT2D eigenvalue weighted by Crippen LogP contribution is -2.12. The summed E-state index contributed by atoms with van der Waals surface area (Å²) in [6, 6.07) is 64.3. The van der Waals surface area contributed by atoms with Crippen LogP contribution >= 0.6 is 0 Å². The van der Waals surface area contributed by atoms with E-state index < -0.39 is 0 Å². The molecule has 2 aromatic heterocycles. The van der Waals surface area contributed by atoms with Gasteiger partial charge in [0.15, 0.2) is 0 Å². The molecule has 0 unspecified atom stereocenters. The molecule has 8 aromatic carbocycles. The summed E-state index contributed by atoms with van der Waals surface area (Å²) in [5.74, 6) is 0. The van der Waals surface area contributed by atoms with Crippen LogP contribution < -0.4 is 0 Å². The Labute approximate surface area is 341 Å². The first-order valence-corrected chi connectivity index (χ1v) is 20.4. The van der Waals surface area contributed by atoms with Crippen LogP contribution in [0.2, 0.25) is 0 Å². The van der Waals surface area contributed by atoms with Crippen molar-refractivity contribution in [3.63, 3.8) is 0 Å². The van der Waals surface area contributed by atoms with Crippen molar-refractivity contribution in [3.05, 3.63) is 187 Å². The molecule has 0 bridgehead atoms. The van der Waals surface area contributed by atoms with Gasteiger partial charge in [0.1, 0.15) is 11.2 Å². The van der Waals surface area contributed by atoms with E-state index in [1.54, 1.807) is 0 Å². The van der Waals surface area contributed by atoms with Crippen LogP contribution in [-0.2, 0) is 10.8 Å². The van der Waals surface area contributed by atoms with Crippen LogP contribution in [-0.4, -0.2) is 4.57 Å². The number of rotatable bonds is 5. The largest absolute Gasteiger partial charge is 0.455 e. The van der Waals surface area contributed by atoms with Gasteiger partial charge in [-0.05, 0) is 98.3 Å². The maximum absolute atomic E-state index is 7.23. The van der Waals surface area contributed by atoms with E-state index in [4.69, 9.17) is 4.42 Å². The maximum atomic E-state index is 7.23. The van der Waals surface area contributed by atoms with Gasteiger partial charge in [-0.1, -0.05) is 169 Å². The molecule has 0 saturated heterocycles. The van der Waals surface area contributed by atoms with Crippen LogP contribution in [0.5, 0.6) is 0 Å². The van der Waals surface area contributed by atoms with Crippen LogP contribution in [0, 0.1) is 0 Å². The van der Waals surface area contributed by atoms with E-state index in [9.17, 15) is 0 Å². The van der Waals surface area contributed by atoms with E-state index in [-0.39, 0.29) is 10.8 Å². The number of aromatic nitrogens is 1. The summed E-state index contributed by atoms with van der Waals surface area (Å²) in [5.41, 5.74) is 17.2. The van der Waals surface area contributed by atoms with E-state index in [1.807, 2.05) is 0 Å². The number of hydrogen-bond acceptors (Lipinski definition) is 1. The minimum atomic E-state index is -0.188. The molecule has 58 heavy (non-hydrogen) atoms. The van der Waals surface area contributed by atoms with Gasteiger partial charge >= 0.3 is 0 Å². The molecular formula is C56H47NO. The van der Waals surface area contributed by atoms with Crippen molar-refractivity contribution >= 4 is 43.7 Å². The Morgan fingerprint density at radius 3 is 1.52 bits per heavy atom. The molecule has 0 aliphatic heterocycles. The van der Waals surface area contributed by atoms with Gasteiger partial charge in [-0.25, -0.2) is 0 Å². The monoisotopic (exact) mass is 749 g/mol. The van der Waals surface area contributed by atoms with E-state index >= 15 is 0 Å². The van der Waals surface area contributed by atoms with Crippen LogP contribution in [0.3, 0.4) is 0 Å². The van der Waals surface area contributed by atoms with Gasteiger partial charge in [0, 0.05) is 43.9 Å². The molecule has 0 amide bonds. The van der Waals surface area contributed by atoms with Crippen molar-refractivity contribution in [3.8, 4) is 50.2 Å². The highest BCUT2D eigenvalue weighted by atomic mass is 16.3. The molecule has 0 fully saturated rings. The highest BCUT2D eigenvalue weighted by molar-refractivity contribution is 6.19. The van der Waals surface area contributed by atoms with Crippen LogP contribution in [0.1, 0.15) is 52.7 Å². The normalized spacial score (nSPS) is 12.3. The van der Waals surface area contributed by atoms with Crippen molar-refractivity contribution in [1.29, 1.82) is 0 Å². The second kappa shape index (κ2) is 13.5. The van der Waals surface area contributed by atoms with Crippen molar-refractivity contribution in [2.24, 2.45) is 0 Å². The van der Waals surface area contributed by atoms with Gasteiger partial charge < -0.3 is 8.98 Å². The third-order valence-corrected chi connectivity index (χ3v) is 11.8. The number of para-hydroxylation sites is 1. The van der Waals surface area contributed by atoms with Gasteiger partial charge in [-0.3, -0.25) is 0 Å². The maximum Gasteiger partial charge on any atom is 0.139 e. The van der Waals surface area contributed by atoms with Gasteiger partial charge in [0.05, 0.1) is 11.0 Å². The Kier molecular flexibility index (Phi) is 8.32. The van der Waals surface area contributed by atoms with Crippen molar-refractivity contribution in [2.45, 2.75) is 52.4 Å². The van der Waals surface area contributed by atoms with Crippen LogP contribution in [0.4, 0.5) is 0 Å². The predicted octanol–water partition coefficient (Wildman–Crippen LogP) is 15.9. The molecule has 0 radical (unpaired) electrons. The lowest BCUT2D eigenvalue weighted by molar-refractivity contribution is 0.557. The predicted molar refractivity (Wildman–Crippen MR) is 247 cm³/mol. The zero-order valence-electron chi connectivity index (χ0n) is 34.1. The lowest BCUT2D eigenvalue weighted by atomic mass is 9.79. The summed E-state index contributed by atoms with van der Waals surface area (Å²) >= 11 is 0. The van der Waals surface area contributed by atoms with E-state index in [2.05, 4.69) is 222 Å². The molecule has 2 nitrogen and oxygen atoms in total. The Morgan fingerprint density at radius 2 is 0.879 bits per heavy atom. The summed E-state index contributed by atoms with van der Waals surface area (Å²) in [5, 5.41) is 4.80. The van der Waals surface area contributed by atoms with E-state index in [1.165, 1.54) is 82.8 Å². The molecule has 10 aromatic rings. The summed E-state index contributed by atoms with van der Waals surface area (Å²) < 4.78 is 9.64. The third kappa shape index (κ3) is 5.94. The van der Waals surface area contributed by atoms with Crippen molar-refractivity contribution in [2.75, 3.05) is 0 Å². The minimum absolute atomic E-state index is 0.143. The molecule has 0 N–H and O–H groups in total. The first-order chi connectivity index (χ1) is 28.0. The minimum Gasteiger partial charge on any atom is -0.455 e. The molecule has 2 heterocycles. The summed E-state index contributed by atoms with van der Waals surface area (Å²) in [4.78, 5) is 0.